The van der Waals surface area contributed by atoms with Gasteiger partial charge in [0, 0.05) is 0 Å². The van der Waals surface area contributed by atoms with Gasteiger partial charge in [-0.2, -0.15) is 0 Å². The van der Waals surface area contributed by atoms with Crippen molar-refractivity contribution in [2.24, 2.45) is 0 Å². The maximum absolute atomic E-state index is 12.9. The lowest BCUT2D eigenvalue weighted by Crippen LogP contribution is -2.50. The number of amides is 1. The monoisotopic (exact) mass is 311 g/mol. The van der Waals surface area contributed by atoms with Crippen molar-refractivity contribution in [2.45, 2.75) is 51.7 Å². The molecule has 1 amide bonds. The third-order valence-corrected chi connectivity index (χ3v) is 2.85. The van der Waals surface area contributed by atoms with Crippen LogP contribution in [0, 0.1) is 5.82 Å². The van der Waals surface area contributed by atoms with Gasteiger partial charge in [-0.05, 0) is 51.8 Å². The largest absolute Gasteiger partial charge is 0.481 e. The summed E-state index contributed by atoms with van der Waals surface area (Å²) in [7, 11) is 0. The molecule has 0 heterocycles. The van der Waals surface area contributed by atoms with E-state index in [4.69, 9.17) is 9.84 Å². The molecule has 0 fully saturated rings. The summed E-state index contributed by atoms with van der Waals surface area (Å²) in [4.78, 5) is 23.0. The molecule has 0 aliphatic heterocycles. The Morgan fingerprint density at radius 3 is 2.18 bits per heavy atom. The lowest BCUT2D eigenvalue weighted by molar-refractivity contribution is -0.138. The second-order valence-corrected chi connectivity index (χ2v) is 6.56. The molecule has 5 nitrogen and oxygen atoms in total. The number of aliphatic carboxylic acids is 1. The number of ether oxygens (including phenoxy) is 1. The molecule has 1 aromatic carbocycles. The summed E-state index contributed by atoms with van der Waals surface area (Å²) in [6.45, 7) is 6.79. The lowest BCUT2D eigenvalue weighted by atomic mass is 9.89. The molecule has 0 aliphatic rings. The van der Waals surface area contributed by atoms with E-state index >= 15 is 0 Å². The molecule has 0 unspecified atom stereocenters. The van der Waals surface area contributed by atoms with Crippen molar-refractivity contribution in [2.75, 3.05) is 0 Å². The molecule has 0 radical (unpaired) electrons. The third kappa shape index (κ3) is 6.56. The van der Waals surface area contributed by atoms with Gasteiger partial charge in [0.2, 0.25) is 0 Å². The summed E-state index contributed by atoms with van der Waals surface area (Å²) in [5, 5.41) is 11.7. The van der Waals surface area contributed by atoms with Gasteiger partial charge in [0.15, 0.2) is 0 Å². The number of carboxylic acid groups (broad SMARTS) is 1. The molecule has 22 heavy (non-hydrogen) atoms. The number of hydrogen-bond acceptors (Lipinski definition) is 3. The Labute approximate surface area is 129 Å². The summed E-state index contributed by atoms with van der Waals surface area (Å²) in [6, 6.07) is 5.71. The lowest BCUT2D eigenvalue weighted by Gasteiger charge is -2.31. The van der Waals surface area contributed by atoms with Gasteiger partial charge in [0.1, 0.15) is 11.4 Å². The normalized spacial score (nSPS) is 14.0. The molecule has 2 N–H and O–H groups in total. The first-order chi connectivity index (χ1) is 9.99. The number of rotatable bonds is 5. The fraction of sp³-hybridized carbons (Fsp3) is 0.500. The SMILES string of the molecule is CC(C)(C)OC(=O)N[C@](C)(CC(=O)O)Cc1ccc(F)cc1. The first-order valence-corrected chi connectivity index (χ1v) is 6.96. The molecule has 6 heteroatoms. The van der Waals surface area contributed by atoms with Gasteiger partial charge in [-0.1, -0.05) is 12.1 Å². The van der Waals surface area contributed by atoms with Gasteiger partial charge < -0.3 is 15.2 Å². The summed E-state index contributed by atoms with van der Waals surface area (Å²) < 4.78 is 18.1. The molecule has 0 saturated carbocycles. The smallest absolute Gasteiger partial charge is 0.408 e. The summed E-state index contributed by atoms with van der Waals surface area (Å²) in [5.41, 5.74) is -0.989. The summed E-state index contributed by atoms with van der Waals surface area (Å²) in [6.07, 6.45) is -0.707. The predicted octanol–water partition coefficient (Wildman–Crippen LogP) is 3.13. The standard InChI is InChI=1S/C16H22FNO4/c1-15(2,3)22-14(21)18-16(4,10-13(19)20)9-11-5-7-12(17)8-6-11/h5-8H,9-10H2,1-4H3,(H,18,21)(H,19,20)/t16-/m0/s1. The van der Waals surface area contributed by atoms with E-state index in [0.29, 0.717) is 0 Å². The molecule has 122 valence electrons. The van der Waals surface area contributed by atoms with Crippen LogP contribution < -0.4 is 5.32 Å². The maximum atomic E-state index is 12.9. The van der Waals surface area contributed by atoms with Gasteiger partial charge in [-0.3, -0.25) is 4.79 Å². The molecule has 0 bridgehead atoms. The summed E-state index contributed by atoms with van der Waals surface area (Å²) >= 11 is 0. The average Bonchev–Trinajstić information content (AvgIpc) is 2.27. The van der Waals surface area contributed by atoms with Crippen LogP contribution in [-0.2, 0) is 16.0 Å². The number of hydrogen-bond donors (Lipinski definition) is 2. The van der Waals surface area contributed by atoms with Crippen LogP contribution in [-0.4, -0.2) is 28.3 Å². The molecule has 0 spiro atoms. The zero-order valence-corrected chi connectivity index (χ0v) is 13.3. The second-order valence-electron chi connectivity index (χ2n) is 6.56. The Hall–Kier alpha value is -2.11. The highest BCUT2D eigenvalue weighted by Crippen LogP contribution is 2.19. The van der Waals surface area contributed by atoms with Crippen molar-refractivity contribution in [3.8, 4) is 0 Å². The Morgan fingerprint density at radius 2 is 1.73 bits per heavy atom. The van der Waals surface area contributed by atoms with Crippen molar-refractivity contribution in [3.63, 3.8) is 0 Å². The van der Waals surface area contributed by atoms with Gasteiger partial charge in [0.05, 0.1) is 12.0 Å². The minimum Gasteiger partial charge on any atom is -0.481 e. The summed E-state index contributed by atoms with van der Waals surface area (Å²) in [5.74, 6) is -1.41. The van der Waals surface area contributed by atoms with Gasteiger partial charge >= 0.3 is 12.1 Å². The van der Waals surface area contributed by atoms with Crippen LogP contribution >= 0.6 is 0 Å². The minimum atomic E-state index is -1.04. The van der Waals surface area contributed by atoms with Crippen LogP contribution in [0.15, 0.2) is 24.3 Å². The number of alkyl carbamates (subject to hydrolysis) is 1. The zero-order chi connectivity index (χ0) is 17.0. The zero-order valence-electron chi connectivity index (χ0n) is 13.3. The number of carbonyl (C=O) groups excluding carboxylic acids is 1. The molecule has 1 rings (SSSR count). The van der Waals surface area contributed by atoms with Crippen LogP contribution in [0.5, 0.6) is 0 Å². The van der Waals surface area contributed by atoms with E-state index < -0.39 is 23.2 Å². The Morgan fingerprint density at radius 1 is 1.18 bits per heavy atom. The highest BCUT2D eigenvalue weighted by atomic mass is 19.1. The van der Waals surface area contributed by atoms with Crippen molar-refractivity contribution >= 4 is 12.1 Å². The molecule has 0 saturated heterocycles. The number of carbonyl (C=O) groups is 2. The van der Waals surface area contributed by atoms with E-state index in [-0.39, 0.29) is 18.7 Å². The topological polar surface area (TPSA) is 75.6 Å². The first-order valence-electron chi connectivity index (χ1n) is 6.96. The third-order valence-electron chi connectivity index (χ3n) is 2.85. The number of nitrogens with one attached hydrogen (secondary N) is 1. The molecular weight excluding hydrogens is 289 g/mol. The fourth-order valence-corrected chi connectivity index (χ4v) is 2.09. The first kappa shape index (κ1) is 17.9. The van der Waals surface area contributed by atoms with Crippen LogP contribution in [0.3, 0.4) is 0 Å². The minimum absolute atomic E-state index is 0.249. The Bertz CT molecular complexity index is 536. The highest BCUT2D eigenvalue weighted by Gasteiger charge is 2.31. The van der Waals surface area contributed by atoms with E-state index in [2.05, 4.69) is 5.32 Å². The number of carboxylic acids is 1. The molecule has 0 aromatic heterocycles. The predicted molar refractivity (Wildman–Crippen MR) is 80.1 cm³/mol. The Kier molecular flexibility index (Phi) is 5.52. The second kappa shape index (κ2) is 6.77. The van der Waals surface area contributed by atoms with Crippen molar-refractivity contribution in [1.29, 1.82) is 0 Å². The quantitative estimate of drug-likeness (QED) is 0.876. The van der Waals surface area contributed by atoms with E-state index in [1.54, 1.807) is 39.8 Å². The van der Waals surface area contributed by atoms with E-state index in [1.165, 1.54) is 12.1 Å². The van der Waals surface area contributed by atoms with Crippen LogP contribution in [0.4, 0.5) is 9.18 Å². The van der Waals surface area contributed by atoms with Gasteiger partial charge in [0.25, 0.3) is 0 Å². The maximum Gasteiger partial charge on any atom is 0.408 e. The van der Waals surface area contributed by atoms with Gasteiger partial charge in [-0.15, -0.1) is 0 Å². The van der Waals surface area contributed by atoms with Crippen molar-refractivity contribution in [3.05, 3.63) is 35.6 Å². The van der Waals surface area contributed by atoms with Crippen LogP contribution in [0.2, 0.25) is 0 Å². The highest BCUT2D eigenvalue weighted by molar-refractivity contribution is 5.73. The van der Waals surface area contributed by atoms with E-state index in [1.807, 2.05) is 0 Å². The molecular formula is C16H22FNO4. The number of halogens is 1. The average molecular weight is 311 g/mol. The number of benzene rings is 1. The van der Waals surface area contributed by atoms with E-state index in [0.717, 1.165) is 5.56 Å². The molecule has 1 atom stereocenters. The molecule has 1 aromatic rings. The van der Waals surface area contributed by atoms with Crippen LogP contribution in [0.25, 0.3) is 0 Å². The van der Waals surface area contributed by atoms with Crippen molar-refractivity contribution < 1.29 is 23.8 Å². The fourth-order valence-electron chi connectivity index (χ4n) is 2.09. The van der Waals surface area contributed by atoms with Crippen LogP contribution in [0.1, 0.15) is 39.7 Å². The van der Waals surface area contributed by atoms with E-state index in [9.17, 15) is 14.0 Å². The van der Waals surface area contributed by atoms with Crippen molar-refractivity contribution in [1.82, 2.24) is 5.32 Å². The van der Waals surface area contributed by atoms with Gasteiger partial charge in [-0.25, -0.2) is 9.18 Å². The molecule has 0 aliphatic carbocycles. The Balaban J connectivity index is 2.87.